The molecule has 1 atom stereocenters. The third-order valence-corrected chi connectivity index (χ3v) is 8.31. The van der Waals surface area contributed by atoms with E-state index < -0.39 is 6.04 Å². The number of nitrogens with zero attached hydrogens (tertiary/aromatic N) is 2. The highest BCUT2D eigenvalue weighted by atomic mass is 16.2. The Balaban J connectivity index is 1.35. The molecule has 1 aliphatic carbocycles. The van der Waals surface area contributed by atoms with E-state index in [0.717, 1.165) is 42.4 Å². The van der Waals surface area contributed by atoms with Crippen LogP contribution in [0.25, 0.3) is 0 Å². The summed E-state index contributed by atoms with van der Waals surface area (Å²) in [5, 5.41) is 3.26. The largest absolute Gasteiger partial charge is 0.352 e. The molecule has 3 aromatic rings. The molecule has 5 rings (SSSR count). The van der Waals surface area contributed by atoms with Gasteiger partial charge in [-0.1, -0.05) is 91.6 Å². The van der Waals surface area contributed by atoms with Crippen molar-refractivity contribution in [3.63, 3.8) is 0 Å². The van der Waals surface area contributed by atoms with Crippen LogP contribution < -0.4 is 5.32 Å². The normalized spacial score (nSPS) is 15.8. The van der Waals surface area contributed by atoms with E-state index in [1.54, 1.807) is 29.2 Å². The average molecular weight is 566 g/mol. The van der Waals surface area contributed by atoms with Crippen LogP contribution in [0.5, 0.6) is 0 Å². The fourth-order valence-electron chi connectivity index (χ4n) is 6.08. The lowest BCUT2D eigenvalue weighted by atomic mass is 9.94. The summed E-state index contributed by atoms with van der Waals surface area (Å²) >= 11 is 0. The molecule has 218 valence electrons. The SMILES string of the molecule is Cc1cccc(CN(C(=O)CCCN2C(=O)c3ccccc3C2=O)[C@@H](Cc2ccccc2)C(=O)NC2CCCCC2)c1. The number of carbonyl (C=O) groups excluding carboxylic acids is 4. The molecule has 1 fully saturated rings. The number of hydrogen-bond acceptors (Lipinski definition) is 4. The van der Waals surface area contributed by atoms with Gasteiger partial charge in [-0.05, 0) is 49.4 Å². The van der Waals surface area contributed by atoms with E-state index in [2.05, 4.69) is 5.32 Å². The molecule has 1 aliphatic heterocycles. The number of fused-ring (bicyclic) bond motifs is 1. The van der Waals surface area contributed by atoms with E-state index >= 15 is 0 Å². The number of carbonyl (C=O) groups is 4. The van der Waals surface area contributed by atoms with E-state index in [4.69, 9.17) is 0 Å². The molecule has 0 spiro atoms. The Kier molecular flexibility index (Phi) is 9.47. The first-order valence-electron chi connectivity index (χ1n) is 15.1. The van der Waals surface area contributed by atoms with Gasteiger partial charge in [0, 0.05) is 32.0 Å². The second-order valence-electron chi connectivity index (χ2n) is 11.5. The lowest BCUT2D eigenvalue weighted by Gasteiger charge is -2.33. The first-order chi connectivity index (χ1) is 20.4. The molecule has 1 saturated carbocycles. The van der Waals surface area contributed by atoms with Crippen LogP contribution in [0.4, 0.5) is 0 Å². The molecule has 7 heteroatoms. The van der Waals surface area contributed by atoms with Crippen molar-refractivity contribution in [3.8, 4) is 0 Å². The first kappa shape index (κ1) is 29.2. The monoisotopic (exact) mass is 565 g/mol. The van der Waals surface area contributed by atoms with Gasteiger partial charge in [-0.25, -0.2) is 0 Å². The van der Waals surface area contributed by atoms with Crippen LogP contribution in [0, 0.1) is 6.92 Å². The van der Waals surface area contributed by atoms with Crippen molar-refractivity contribution >= 4 is 23.6 Å². The third-order valence-electron chi connectivity index (χ3n) is 8.31. The van der Waals surface area contributed by atoms with Gasteiger partial charge in [-0.2, -0.15) is 0 Å². The number of rotatable bonds is 11. The number of imide groups is 1. The first-order valence-corrected chi connectivity index (χ1v) is 15.1. The highest BCUT2D eigenvalue weighted by molar-refractivity contribution is 6.21. The number of benzene rings is 3. The summed E-state index contributed by atoms with van der Waals surface area (Å²) in [6.07, 6.45) is 6.11. The van der Waals surface area contributed by atoms with Gasteiger partial charge in [0.15, 0.2) is 0 Å². The Morgan fingerprint density at radius 1 is 0.857 bits per heavy atom. The molecule has 3 aromatic carbocycles. The van der Waals surface area contributed by atoms with Crippen LogP contribution in [-0.2, 0) is 22.6 Å². The molecule has 1 N–H and O–H groups in total. The standard InChI is InChI=1S/C35H39N3O4/c1-25-12-10-15-27(22-25)24-38(32(39)20-11-21-37-34(41)29-18-8-9-19-30(29)35(37)42)31(23-26-13-4-2-5-14-26)33(40)36-28-16-6-3-7-17-28/h2,4-5,8-10,12-15,18-19,22,28,31H,3,6-7,11,16-17,20-21,23-24H2,1H3,(H,36,40)/t31-/m0/s1. The predicted octanol–water partition coefficient (Wildman–Crippen LogP) is 5.46. The fraction of sp³-hybridized carbons (Fsp3) is 0.371. The Hall–Kier alpha value is -4.26. The highest BCUT2D eigenvalue weighted by Crippen LogP contribution is 2.24. The van der Waals surface area contributed by atoms with Crippen molar-refractivity contribution < 1.29 is 19.2 Å². The van der Waals surface area contributed by atoms with Crippen molar-refractivity contribution in [2.75, 3.05) is 6.54 Å². The van der Waals surface area contributed by atoms with E-state index in [0.29, 0.717) is 30.5 Å². The molecule has 2 aliphatic rings. The molecular weight excluding hydrogens is 526 g/mol. The number of hydrogen-bond donors (Lipinski definition) is 1. The smallest absolute Gasteiger partial charge is 0.261 e. The quantitative estimate of drug-likeness (QED) is 0.313. The van der Waals surface area contributed by atoms with Crippen molar-refractivity contribution in [1.82, 2.24) is 15.1 Å². The van der Waals surface area contributed by atoms with E-state index in [1.807, 2.05) is 61.5 Å². The second-order valence-corrected chi connectivity index (χ2v) is 11.5. The lowest BCUT2D eigenvalue weighted by molar-refractivity contribution is -0.141. The number of aryl methyl sites for hydroxylation is 1. The van der Waals surface area contributed by atoms with Gasteiger partial charge in [-0.15, -0.1) is 0 Å². The molecule has 0 unspecified atom stereocenters. The van der Waals surface area contributed by atoms with Crippen LogP contribution in [-0.4, -0.2) is 52.1 Å². The fourth-order valence-corrected chi connectivity index (χ4v) is 6.08. The summed E-state index contributed by atoms with van der Waals surface area (Å²) in [5.41, 5.74) is 3.81. The zero-order valence-electron chi connectivity index (χ0n) is 24.3. The van der Waals surface area contributed by atoms with Gasteiger partial charge >= 0.3 is 0 Å². The van der Waals surface area contributed by atoms with Crippen molar-refractivity contribution in [3.05, 3.63) is 107 Å². The van der Waals surface area contributed by atoms with Crippen LogP contribution in [0.1, 0.15) is 82.4 Å². The lowest BCUT2D eigenvalue weighted by Crippen LogP contribution is -2.53. The molecular formula is C35H39N3O4. The maximum atomic E-state index is 14.0. The molecule has 1 heterocycles. The highest BCUT2D eigenvalue weighted by Gasteiger charge is 2.36. The predicted molar refractivity (Wildman–Crippen MR) is 162 cm³/mol. The Labute approximate surface area is 247 Å². The minimum Gasteiger partial charge on any atom is -0.352 e. The minimum absolute atomic E-state index is 0.112. The maximum absolute atomic E-state index is 14.0. The van der Waals surface area contributed by atoms with Crippen molar-refractivity contribution in [2.45, 2.75) is 76.9 Å². The number of nitrogens with one attached hydrogen (secondary N) is 1. The van der Waals surface area contributed by atoms with Gasteiger partial charge in [0.2, 0.25) is 11.8 Å². The van der Waals surface area contributed by atoms with Crippen LogP contribution in [0.3, 0.4) is 0 Å². The Morgan fingerprint density at radius 3 is 2.17 bits per heavy atom. The summed E-state index contributed by atoms with van der Waals surface area (Å²) in [4.78, 5) is 56.5. The van der Waals surface area contributed by atoms with Crippen molar-refractivity contribution in [2.24, 2.45) is 0 Å². The molecule has 0 saturated heterocycles. The van der Waals surface area contributed by atoms with Gasteiger partial charge in [0.05, 0.1) is 11.1 Å². The molecule has 7 nitrogen and oxygen atoms in total. The summed E-state index contributed by atoms with van der Waals surface area (Å²) in [6.45, 7) is 2.45. The third kappa shape index (κ3) is 6.96. The molecule has 0 aromatic heterocycles. The van der Waals surface area contributed by atoms with Crippen molar-refractivity contribution in [1.29, 1.82) is 0 Å². The second kappa shape index (κ2) is 13.6. The zero-order chi connectivity index (χ0) is 29.5. The zero-order valence-corrected chi connectivity index (χ0v) is 24.3. The maximum Gasteiger partial charge on any atom is 0.261 e. The van der Waals surface area contributed by atoms with Crippen LogP contribution >= 0.6 is 0 Å². The Morgan fingerprint density at radius 2 is 1.50 bits per heavy atom. The molecule has 4 amide bonds. The van der Waals surface area contributed by atoms with Gasteiger partial charge in [0.25, 0.3) is 11.8 Å². The van der Waals surface area contributed by atoms with E-state index in [-0.39, 0.29) is 42.6 Å². The summed E-state index contributed by atoms with van der Waals surface area (Å²) in [5.74, 6) is -0.957. The molecule has 0 radical (unpaired) electrons. The van der Waals surface area contributed by atoms with Gasteiger partial charge in [-0.3, -0.25) is 24.1 Å². The summed E-state index contributed by atoms with van der Waals surface area (Å²) in [7, 11) is 0. The van der Waals surface area contributed by atoms with E-state index in [9.17, 15) is 19.2 Å². The summed E-state index contributed by atoms with van der Waals surface area (Å²) < 4.78 is 0. The summed E-state index contributed by atoms with van der Waals surface area (Å²) in [6, 6.07) is 24.0. The molecule has 42 heavy (non-hydrogen) atoms. The molecule has 0 bridgehead atoms. The minimum atomic E-state index is -0.693. The van der Waals surface area contributed by atoms with Gasteiger partial charge in [0.1, 0.15) is 6.04 Å². The average Bonchev–Trinajstić information content (AvgIpc) is 3.25. The Bertz CT molecular complexity index is 1400. The number of amides is 4. The topological polar surface area (TPSA) is 86.8 Å². The van der Waals surface area contributed by atoms with Gasteiger partial charge < -0.3 is 10.2 Å². The van der Waals surface area contributed by atoms with Crippen LogP contribution in [0.2, 0.25) is 0 Å². The van der Waals surface area contributed by atoms with Crippen LogP contribution in [0.15, 0.2) is 78.9 Å². The van der Waals surface area contributed by atoms with E-state index in [1.165, 1.54) is 11.3 Å².